The molecule has 0 atom stereocenters. The summed E-state index contributed by atoms with van der Waals surface area (Å²) in [5.74, 6) is -2.42. The summed E-state index contributed by atoms with van der Waals surface area (Å²) in [6, 6.07) is 2.68. The Morgan fingerprint density at radius 1 is 1.53 bits per heavy atom. The maximum atomic E-state index is 13.3. The van der Waals surface area contributed by atoms with Crippen LogP contribution in [0.25, 0.3) is 11.0 Å². The minimum absolute atomic E-state index is 0.0716. The summed E-state index contributed by atoms with van der Waals surface area (Å²) in [4.78, 5) is 10.7. The van der Waals surface area contributed by atoms with Gasteiger partial charge >= 0.3 is 5.97 Å². The summed E-state index contributed by atoms with van der Waals surface area (Å²) in [6.07, 6.45) is 0. The summed E-state index contributed by atoms with van der Waals surface area (Å²) in [6.45, 7) is 0. The van der Waals surface area contributed by atoms with E-state index in [1.807, 2.05) is 0 Å². The fourth-order valence-corrected chi connectivity index (χ4v) is 1.73. The van der Waals surface area contributed by atoms with E-state index in [0.717, 1.165) is 0 Å². The van der Waals surface area contributed by atoms with E-state index in [1.165, 1.54) is 12.1 Å². The first-order chi connectivity index (χ1) is 7.00. The average Bonchev–Trinajstić information content (AvgIpc) is 2.44. The van der Waals surface area contributed by atoms with Crippen LogP contribution in [0.4, 0.5) is 10.1 Å². The number of carboxylic acids is 1. The molecule has 0 aliphatic carbocycles. The molecule has 1 aromatic carbocycles. The first-order valence-electron chi connectivity index (χ1n) is 3.91. The molecule has 0 bridgehead atoms. The molecule has 0 aliphatic heterocycles. The van der Waals surface area contributed by atoms with Gasteiger partial charge in [-0.15, -0.1) is 0 Å². The van der Waals surface area contributed by atoms with E-state index in [1.54, 1.807) is 0 Å². The predicted molar refractivity (Wildman–Crippen MR) is 55.2 cm³/mol. The molecule has 1 aromatic heterocycles. The van der Waals surface area contributed by atoms with Crippen LogP contribution in [0.2, 0.25) is 0 Å². The van der Waals surface area contributed by atoms with E-state index in [4.69, 9.17) is 15.3 Å². The topological polar surface area (TPSA) is 76.5 Å². The van der Waals surface area contributed by atoms with Crippen molar-refractivity contribution in [3.8, 4) is 0 Å². The molecule has 2 rings (SSSR count). The van der Waals surface area contributed by atoms with Crippen LogP contribution >= 0.6 is 15.9 Å². The van der Waals surface area contributed by atoms with Gasteiger partial charge < -0.3 is 15.3 Å². The van der Waals surface area contributed by atoms with Crippen molar-refractivity contribution < 1.29 is 18.7 Å². The number of anilines is 1. The van der Waals surface area contributed by atoms with Crippen LogP contribution in [0, 0.1) is 5.82 Å². The third-order valence-corrected chi connectivity index (χ3v) is 2.40. The number of fused-ring (bicyclic) bond motifs is 1. The third-order valence-electron chi connectivity index (χ3n) is 1.94. The number of halogens is 2. The molecule has 3 N–H and O–H groups in total. The number of furan rings is 1. The van der Waals surface area contributed by atoms with Gasteiger partial charge in [0.2, 0.25) is 5.76 Å². The van der Waals surface area contributed by atoms with Crippen LogP contribution in [0.5, 0.6) is 0 Å². The Morgan fingerprint density at radius 3 is 2.80 bits per heavy atom. The van der Waals surface area contributed by atoms with Crippen molar-refractivity contribution in [3.63, 3.8) is 0 Å². The largest absolute Gasteiger partial charge is 0.475 e. The van der Waals surface area contributed by atoms with E-state index < -0.39 is 17.5 Å². The molecule has 0 unspecified atom stereocenters. The summed E-state index contributed by atoms with van der Waals surface area (Å²) in [7, 11) is 0. The molecule has 4 nitrogen and oxygen atoms in total. The molecule has 0 radical (unpaired) electrons. The molecule has 0 fully saturated rings. The second-order valence-corrected chi connectivity index (χ2v) is 3.83. The number of carboxylic acid groups (broad SMARTS) is 1. The van der Waals surface area contributed by atoms with Gasteiger partial charge in [0.05, 0.1) is 5.69 Å². The molecule has 6 heteroatoms. The molecule has 0 aliphatic rings. The maximum Gasteiger partial charge on any atom is 0.374 e. The van der Waals surface area contributed by atoms with Gasteiger partial charge in [0.25, 0.3) is 0 Å². The number of aromatic carboxylic acids is 1. The second-order valence-electron chi connectivity index (χ2n) is 2.91. The molecule has 0 saturated heterocycles. The average molecular weight is 274 g/mol. The Labute approximate surface area is 91.6 Å². The van der Waals surface area contributed by atoms with E-state index in [-0.39, 0.29) is 16.7 Å². The number of benzene rings is 1. The maximum absolute atomic E-state index is 13.3. The SMILES string of the molecule is Nc1c(C(=O)O)oc2c(F)cc(Br)cc12. The van der Waals surface area contributed by atoms with Crippen LogP contribution in [0.15, 0.2) is 21.0 Å². The zero-order chi connectivity index (χ0) is 11.2. The minimum atomic E-state index is -1.32. The van der Waals surface area contributed by atoms with Crippen LogP contribution in [-0.4, -0.2) is 11.1 Å². The normalized spacial score (nSPS) is 10.8. The van der Waals surface area contributed by atoms with E-state index >= 15 is 0 Å². The third kappa shape index (κ3) is 1.46. The molecular weight excluding hydrogens is 269 g/mol. The van der Waals surface area contributed by atoms with Crippen molar-refractivity contribution in [2.45, 2.75) is 0 Å². The van der Waals surface area contributed by atoms with E-state index in [2.05, 4.69) is 15.9 Å². The van der Waals surface area contributed by atoms with Gasteiger partial charge in [-0.1, -0.05) is 15.9 Å². The van der Waals surface area contributed by atoms with Crippen molar-refractivity contribution in [2.75, 3.05) is 5.73 Å². The number of hydrogen-bond acceptors (Lipinski definition) is 3. The second kappa shape index (κ2) is 3.23. The van der Waals surface area contributed by atoms with Crippen LogP contribution in [0.3, 0.4) is 0 Å². The van der Waals surface area contributed by atoms with E-state index in [9.17, 15) is 9.18 Å². The standard InChI is InChI=1S/C9H5BrFNO3/c10-3-1-4-6(12)8(9(13)14)15-7(4)5(11)2-3/h1-2H,12H2,(H,13,14). The molecule has 78 valence electrons. The number of nitrogens with two attached hydrogens (primary N) is 1. The van der Waals surface area contributed by atoms with Crippen molar-refractivity contribution in [3.05, 3.63) is 28.2 Å². The fraction of sp³-hybridized carbons (Fsp3) is 0. The van der Waals surface area contributed by atoms with Crippen LogP contribution < -0.4 is 5.73 Å². The van der Waals surface area contributed by atoms with Gasteiger partial charge in [-0.25, -0.2) is 9.18 Å². The summed E-state index contributed by atoms with van der Waals surface area (Å²) in [5, 5.41) is 8.97. The Kier molecular flexibility index (Phi) is 2.15. The van der Waals surface area contributed by atoms with Crippen molar-refractivity contribution in [2.24, 2.45) is 0 Å². The van der Waals surface area contributed by atoms with Crippen LogP contribution in [-0.2, 0) is 0 Å². The Bertz CT molecular complexity index is 564. The monoisotopic (exact) mass is 273 g/mol. The lowest BCUT2D eigenvalue weighted by atomic mass is 10.2. The lowest BCUT2D eigenvalue weighted by molar-refractivity contribution is 0.0666. The van der Waals surface area contributed by atoms with Gasteiger partial charge in [-0.2, -0.15) is 0 Å². The van der Waals surface area contributed by atoms with Gasteiger partial charge in [0, 0.05) is 9.86 Å². The molecule has 15 heavy (non-hydrogen) atoms. The zero-order valence-corrected chi connectivity index (χ0v) is 8.84. The Hall–Kier alpha value is -1.56. The minimum Gasteiger partial charge on any atom is -0.475 e. The van der Waals surface area contributed by atoms with Gasteiger partial charge in [0.1, 0.15) is 0 Å². The zero-order valence-electron chi connectivity index (χ0n) is 7.25. The van der Waals surface area contributed by atoms with Gasteiger partial charge in [0.15, 0.2) is 11.4 Å². The smallest absolute Gasteiger partial charge is 0.374 e. The molecule has 0 amide bonds. The van der Waals surface area contributed by atoms with Crippen LogP contribution in [0.1, 0.15) is 10.6 Å². The first-order valence-corrected chi connectivity index (χ1v) is 4.70. The molecule has 0 spiro atoms. The summed E-state index contributed by atoms with van der Waals surface area (Å²) < 4.78 is 18.6. The Balaban J connectivity index is 2.88. The number of hydrogen-bond donors (Lipinski definition) is 2. The molecular formula is C9H5BrFNO3. The molecule has 2 aromatic rings. The van der Waals surface area contributed by atoms with Crippen molar-refractivity contribution in [1.82, 2.24) is 0 Å². The highest BCUT2D eigenvalue weighted by atomic mass is 79.9. The number of carbonyl (C=O) groups is 1. The summed E-state index contributed by atoms with van der Waals surface area (Å²) in [5.41, 5.74) is 5.30. The predicted octanol–water partition coefficient (Wildman–Crippen LogP) is 2.61. The Morgan fingerprint density at radius 2 is 2.20 bits per heavy atom. The summed E-state index contributed by atoms with van der Waals surface area (Å²) >= 11 is 3.08. The van der Waals surface area contributed by atoms with Gasteiger partial charge in [-0.05, 0) is 12.1 Å². The molecule has 1 heterocycles. The fourth-order valence-electron chi connectivity index (χ4n) is 1.30. The first kappa shape index (κ1) is 9.97. The van der Waals surface area contributed by atoms with Crippen molar-refractivity contribution in [1.29, 1.82) is 0 Å². The lowest BCUT2D eigenvalue weighted by Gasteiger charge is -1.93. The molecule has 0 saturated carbocycles. The van der Waals surface area contributed by atoms with Crippen molar-refractivity contribution >= 4 is 38.6 Å². The quantitative estimate of drug-likeness (QED) is 0.838. The van der Waals surface area contributed by atoms with E-state index in [0.29, 0.717) is 4.47 Å². The highest BCUT2D eigenvalue weighted by Gasteiger charge is 2.20. The van der Waals surface area contributed by atoms with Gasteiger partial charge in [-0.3, -0.25) is 0 Å². The lowest BCUT2D eigenvalue weighted by Crippen LogP contribution is -1.98. The number of nitrogen functional groups attached to an aromatic ring is 1. The highest BCUT2D eigenvalue weighted by Crippen LogP contribution is 2.32. The number of rotatable bonds is 1. The highest BCUT2D eigenvalue weighted by molar-refractivity contribution is 9.10.